The molecule has 0 spiro atoms. The fourth-order valence-electron chi connectivity index (χ4n) is 4.06. The Hall–Kier alpha value is -2.96. The van der Waals surface area contributed by atoms with Crippen LogP contribution in [0.1, 0.15) is 44.0 Å². The summed E-state index contributed by atoms with van der Waals surface area (Å²) in [5.74, 6) is -0.365. The smallest absolute Gasteiger partial charge is 0.252 e. The molecule has 7 heteroatoms. The normalized spacial score (nSPS) is 21.1. The summed E-state index contributed by atoms with van der Waals surface area (Å²) in [6.07, 6.45) is 8.18. The zero-order valence-electron chi connectivity index (χ0n) is 16.2. The summed E-state index contributed by atoms with van der Waals surface area (Å²) in [6.45, 7) is 6.74. The number of fused-ring (bicyclic) bond motifs is 1. The monoisotopic (exact) mass is 381 g/mol. The summed E-state index contributed by atoms with van der Waals surface area (Å²) in [4.78, 5) is 16.0. The summed E-state index contributed by atoms with van der Waals surface area (Å²) < 4.78 is 15.3. The molecule has 0 aliphatic heterocycles. The van der Waals surface area contributed by atoms with Gasteiger partial charge in [-0.05, 0) is 36.3 Å². The van der Waals surface area contributed by atoms with Crippen molar-refractivity contribution in [1.82, 2.24) is 14.6 Å². The van der Waals surface area contributed by atoms with Crippen LogP contribution in [0.25, 0.3) is 16.6 Å². The summed E-state index contributed by atoms with van der Waals surface area (Å²) in [6, 6.07) is 3.51. The molecule has 1 saturated carbocycles. The van der Waals surface area contributed by atoms with E-state index in [9.17, 15) is 9.18 Å². The van der Waals surface area contributed by atoms with Crippen molar-refractivity contribution in [3.05, 3.63) is 48.3 Å². The fraction of sp³-hybridized carbons (Fsp3) is 0.381. The maximum absolute atomic E-state index is 13.6. The summed E-state index contributed by atoms with van der Waals surface area (Å²) in [5, 5.41) is 7.90. The fourth-order valence-corrected chi connectivity index (χ4v) is 4.06. The molecule has 3 aromatic rings. The highest BCUT2D eigenvalue weighted by atomic mass is 19.1. The van der Waals surface area contributed by atoms with E-state index in [4.69, 9.17) is 5.73 Å². The highest BCUT2D eigenvalue weighted by Crippen LogP contribution is 2.44. The lowest BCUT2D eigenvalue weighted by molar-refractivity contribution is 0.100. The van der Waals surface area contributed by atoms with Gasteiger partial charge in [0.25, 0.3) is 5.91 Å². The number of nitrogens with zero attached hydrogens (tertiary/aromatic N) is 3. The van der Waals surface area contributed by atoms with E-state index in [0.717, 1.165) is 23.9 Å². The van der Waals surface area contributed by atoms with Crippen molar-refractivity contribution >= 4 is 17.1 Å². The van der Waals surface area contributed by atoms with Gasteiger partial charge in [-0.25, -0.2) is 8.91 Å². The molecule has 146 valence electrons. The van der Waals surface area contributed by atoms with Crippen molar-refractivity contribution in [2.75, 3.05) is 5.32 Å². The Morgan fingerprint density at radius 2 is 2.04 bits per heavy atom. The first-order valence-corrected chi connectivity index (χ1v) is 9.46. The predicted octanol–water partition coefficient (Wildman–Crippen LogP) is 3.87. The molecule has 1 aliphatic carbocycles. The number of halogens is 1. The van der Waals surface area contributed by atoms with E-state index in [1.807, 2.05) is 6.07 Å². The second kappa shape index (κ2) is 6.58. The second-order valence-corrected chi connectivity index (χ2v) is 8.24. The van der Waals surface area contributed by atoms with Crippen LogP contribution in [0, 0.1) is 17.2 Å². The molecule has 3 N–H and O–H groups in total. The van der Waals surface area contributed by atoms with Gasteiger partial charge >= 0.3 is 0 Å². The maximum atomic E-state index is 13.6. The molecule has 1 amide bonds. The van der Waals surface area contributed by atoms with E-state index in [1.54, 1.807) is 16.9 Å². The van der Waals surface area contributed by atoms with Crippen LogP contribution in [-0.2, 0) is 0 Å². The summed E-state index contributed by atoms with van der Waals surface area (Å²) >= 11 is 0. The van der Waals surface area contributed by atoms with Gasteiger partial charge in [0, 0.05) is 29.6 Å². The molecule has 0 bridgehead atoms. The number of hydrogen-bond donors (Lipinski definition) is 2. The largest absolute Gasteiger partial charge is 0.379 e. The first kappa shape index (κ1) is 18.4. The molecule has 3 heterocycles. The van der Waals surface area contributed by atoms with Crippen LogP contribution >= 0.6 is 0 Å². The molecule has 4 rings (SSSR count). The van der Waals surface area contributed by atoms with Crippen LogP contribution in [0.3, 0.4) is 0 Å². The molecule has 3 aromatic heterocycles. The zero-order chi connectivity index (χ0) is 20.1. The van der Waals surface area contributed by atoms with Crippen molar-refractivity contribution in [3.63, 3.8) is 0 Å². The SMILES string of the molecule is CC1CC[C@@H](Nc2c(C(N)=O)cnn3cc(-c4cncc(F)c4)cc23)C1(C)C. The second-order valence-electron chi connectivity index (χ2n) is 8.24. The van der Waals surface area contributed by atoms with Gasteiger partial charge in [-0.1, -0.05) is 20.8 Å². The molecule has 0 saturated heterocycles. The van der Waals surface area contributed by atoms with Crippen LogP contribution in [0.15, 0.2) is 36.9 Å². The number of primary amides is 1. The lowest BCUT2D eigenvalue weighted by Gasteiger charge is -2.33. The average molecular weight is 381 g/mol. The highest BCUT2D eigenvalue weighted by molar-refractivity contribution is 6.02. The predicted molar refractivity (Wildman–Crippen MR) is 106 cm³/mol. The number of amides is 1. The Bertz CT molecular complexity index is 1060. The average Bonchev–Trinajstić information content (AvgIpc) is 3.18. The standard InChI is InChI=1S/C21H24FN5O/c1-12-4-5-18(21(12,2)3)26-19-16(20(23)28)10-25-27-11-14(7-17(19)27)13-6-15(22)9-24-8-13/h6-12,18,26H,4-5H2,1-3H3,(H2,23,28)/t12?,18-/m1/s1. The molecule has 1 unspecified atom stereocenters. The number of aromatic nitrogens is 3. The number of nitrogens with one attached hydrogen (secondary N) is 1. The third kappa shape index (κ3) is 3.00. The van der Waals surface area contributed by atoms with E-state index < -0.39 is 11.7 Å². The number of anilines is 1. The Labute approximate surface area is 163 Å². The first-order valence-electron chi connectivity index (χ1n) is 9.46. The maximum Gasteiger partial charge on any atom is 0.252 e. The minimum atomic E-state index is -0.531. The van der Waals surface area contributed by atoms with Gasteiger partial charge in [0.15, 0.2) is 0 Å². The van der Waals surface area contributed by atoms with E-state index in [1.165, 1.54) is 18.5 Å². The molecule has 0 radical (unpaired) electrons. The molecule has 28 heavy (non-hydrogen) atoms. The van der Waals surface area contributed by atoms with E-state index in [-0.39, 0.29) is 11.5 Å². The third-order valence-electron chi connectivity index (χ3n) is 6.32. The van der Waals surface area contributed by atoms with Gasteiger partial charge in [0.1, 0.15) is 5.82 Å². The van der Waals surface area contributed by atoms with Gasteiger partial charge in [-0.2, -0.15) is 5.10 Å². The van der Waals surface area contributed by atoms with Crippen LogP contribution in [0.2, 0.25) is 0 Å². The minimum Gasteiger partial charge on any atom is -0.379 e. The van der Waals surface area contributed by atoms with Crippen molar-refractivity contribution < 1.29 is 9.18 Å². The van der Waals surface area contributed by atoms with E-state index in [0.29, 0.717) is 22.7 Å². The van der Waals surface area contributed by atoms with Gasteiger partial charge in [0.05, 0.1) is 29.2 Å². The Kier molecular flexibility index (Phi) is 4.33. The van der Waals surface area contributed by atoms with Crippen LogP contribution in [0.4, 0.5) is 10.1 Å². The van der Waals surface area contributed by atoms with Gasteiger partial charge in [-0.3, -0.25) is 9.78 Å². The van der Waals surface area contributed by atoms with Crippen LogP contribution < -0.4 is 11.1 Å². The Morgan fingerprint density at radius 3 is 2.68 bits per heavy atom. The first-order chi connectivity index (χ1) is 13.3. The van der Waals surface area contributed by atoms with Crippen LogP contribution in [0.5, 0.6) is 0 Å². The number of carbonyl (C=O) groups excluding carboxylic acids is 1. The lowest BCUT2D eigenvalue weighted by atomic mass is 9.80. The molecule has 2 atom stereocenters. The number of rotatable bonds is 4. The molecule has 0 aromatic carbocycles. The van der Waals surface area contributed by atoms with Gasteiger partial charge in [0.2, 0.25) is 0 Å². The number of pyridine rings is 1. The Balaban J connectivity index is 1.83. The molecular formula is C21H24FN5O. The molecule has 1 fully saturated rings. The zero-order valence-corrected chi connectivity index (χ0v) is 16.2. The minimum absolute atomic E-state index is 0.0804. The van der Waals surface area contributed by atoms with Crippen LogP contribution in [-0.4, -0.2) is 26.5 Å². The number of nitrogens with two attached hydrogens (primary N) is 1. The molecular weight excluding hydrogens is 357 g/mol. The molecule has 1 aliphatic rings. The summed E-state index contributed by atoms with van der Waals surface area (Å²) in [7, 11) is 0. The molecule has 6 nitrogen and oxygen atoms in total. The quantitative estimate of drug-likeness (QED) is 0.718. The topological polar surface area (TPSA) is 85.3 Å². The highest BCUT2D eigenvalue weighted by Gasteiger charge is 2.41. The van der Waals surface area contributed by atoms with E-state index >= 15 is 0 Å². The lowest BCUT2D eigenvalue weighted by Crippen LogP contribution is -2.35. The van der Waals surface area contributed by atoms with Gasteiger partial charge < -0.3 is 11.1 Å². The van der Waals surface area contributed by atoms with Gasteiger partial charge in [-0.15, -0.1) is 0 Å². The van der Waals surface area contributed by atoms with E-state index in [2.05, 4.69) is 36.2 Å². The summed E-state index contributed by atoms with van der Waals surface area (Å²) in [5.41, 5.74) is 8.87. The Morgan fingerprint density at radius 1 is 1.25 bits per heavy atom. The number of carbonyl (C=O) groups is 1. The number of hydrogen-bond acceptors (Lipinski definition) is 4. The third-order valence-corrected chi connectivity index (χ3v) is 6.32. The van der Waals surface area contributed by atoms with Crippen molar-refractivity contribution in [2.24, 2.45) is 17.1 Å². The van der Waals surface area contributed by atoms with Crippen molar-refractivity contribution in [2.45, 2.75) is 39.7 Å². The van der Waals surface area contributed by atoms with Crippen molar-refractivity contribution in [3.8, 4) is 11.1 Å². The van der Waals surface area contributed by atoms with Crippen molar-refractivity contribution in [1.29, 1.82) is 0 Å².